The quantitative estimate of drug-likeness (QED) is 0.486. The van der Waals surface area contributed by atoms with Crippen molar-refractivity contribution < 1.29 is 19.0 Å². The first-order valence-corrected chi connectivity index (χ1v) is 14.5. The number of nitrogens with zero attached hydrogens (tertiary/aromatic N) is 1. The zero-order chi connectivity index (χ0) is 25.4. The Morgan fingerprint density at radius 2 is 1.81 bits per heavy atom. The summed E-state index contributed by atoms with van der Waals surface area (Å²) in [5.74, 6) is 3.58. The van der Waals surface area contributed by atoms with Crippen molar-refractivity contribution in [1.82, 2.24) is 4.98 Å². The number of fused-ring (bicyclic) bond motifs is 6. The minimum Gasteiger partial charge on any atom is -0.441 e. The molecule has 36 heavy (non-hydrogen) atoms. The lowest BCUT2D eigenvalue weighted by atomic mass is 9.43. The van der Waals surface area contributed by atoms with Crippen molar-refractivity contribution >= 4 is 11.1 Å². The van der Waals surface area contributed by atoms with E-state index in [9.17, 15) is 14.6 Å². The summed E-state index contributed by atoms with van der Waals surface area (Å²) in [5.41, 5.74) is 2.04. The van der Waals surface area contributed by atoms with E-state index in [1.807, 2.05) is 6.07 Å². The maximum Gasteiger partial charge on any atom is 0.195 e. The highest BCUT2D eigenvalue weighted by Crippen LogP contribution is 2.68. The van der Waals surface area contributed by atoms with Gasteiger partial charge in [-0.25, -0.2) is 9.37 Å². The van der Waals surface area contributed by atoms with Crippen molar-refractivity contribution in [3.8, 4) is 0 Å². The largest absolute Gasteiger partial charge is 0.441 e. The van der Waals surface area contributed by atoms with Crippen LogP contribution in [0.2, 0.25) is 0 Å². The number of hydrogen-bond acceptors (Lipinski definition) is 4. The third kappa shape index (κ3) is 3.70. The molecule has 4 saturated carbocycles. The number of aliphatic hydroxyl groups is 2. The number of aryl methyl sites for hydroxylation is 2. The number of halogens is 1. The molecule has 1 heterocycles. The predicted molar refractivity (Wildman–Crippen MR) is 139 cm³/mol. The number of rotatable bonds is 4. The topological polar surface area (TPSA) is 66.5 Å². The summed E-state index contributed by atoms with van der Waals surface area (Å²) in [6.07, 6.45) is 10.0. The van der Waals surface area contributed by atoms with Crippen LogP contribution in [0.5, 0.6) is 0 Å². The molecule has 5 heteroatoms. The number of oxazole rings is 1. The molecule has 1 aromatic carbocycles. The Balaban J connectivity index is 1.17. The van der Waals surface area contributed by atoms with Crippen LogP contribution in [0, 0.1) is 59.1 Å². The second kappa shape index (κ2) is 8.80. The first-order valence-electron chi connectivity index (χ1n) is 14.5. The Labute approximate surface area is 215 Å². The van der Waals surface area contributed by atoms with Gasteiger partial charge in [-0.1, -0.05) is 26.8 Å². The van der Waals surface area contributed by atoms with Gasteiger partial charge >= 0.3 is 0 Å². The standard InChI is InChI=1S/C31H44FNO3/c1-17(6-10-26-33-29-25(36-26)9-5-18(2)28(29)32)21-7-8-22-27-23(12-14-31(21,22)4)30(3)13-11-20(34)15-19(30)16-24(27)35/h5,9,17,19-24,27,34-35H,6-8,10-16H2,1-4H3/t17?,19-,20+,21+,22-,23-,24+,27-,30-,31+/m0/s1. The zero-order valence-corrected chi connectivity index (χ0v) is 22.5. The van der Waals surface area contributed by atoms with E-state index in [0.29, 0.717) is 58.1 Å². The molecule has 198 valence electrons. The Morgan fingerprint density at radius 3 is 2.61 bits per heavy atom. The van der Waals surface area contributed by atoms with E-state index < -0.39 is 0 Å². The number of aromatic nitrogens is 1. The van der Waals surface area contributed by atoms with Crippen LogP contribution in [0.3, 0.4) is 0 Å². The Hall–Kier alpha value is -1.46. The van der Waals surface area contributed by atoms with Crippen LogP contribution in [0.15, 0.2) is 16.5 Å². The zero-order valence-electron chi connectivity index (χ0n) is 22.5. The van der Waals surface area contributed by atoms with Crippen molar-refractivity contribution in [3.05, 3.63) is 29.4 Å². The smallest absolute Gasteiger partial charge is 0.195 e. The predicted octanol–water partition coefficient (Wildman–Crippen LogP) is 6.83. The molecule has 4 fully saturated rings. The molecule has 0 aliphatic heterocycles. The van der Waals surface area contributed by atoms with Crippen LogP contribution in [-0.2, 0) is 6.42 Å². The summed E-state index contributed by atoms with van der Waals surface area (Å²) in [4.78, 5) is 4.49. The summed E-state index contributed by atoms with van der Waals surface area (Å²) < 4.78 is 20.4. The SMILES string of the molecule is Cc1ccc2oc(CCC(C)[C@H]3CC[C@H]4[C@@H]5[C@H](O)C[C@@H]6C[C@H](O)CC[C@]6(C)[C@H]5CC[C@]34C)nc2c1F. The van der Waals surface area contributed by atoms with Gasteiger partial charge in [0, 0.05) is 6.42 Å². The lowest BCUT2D eigenvalue weighted by Crippen LogP contribution is -2.58. The van der Waals surface area contributed by atoms with Gasteiger partial charge in [0.2, 0.25) is 0 Å². The van der Waals surface area contributed by atoms with Crippen LogP contribution in [-0.4, -0.2) is 27.4 Å². The lowest BCUT2D eigenvalue weighted by Gasteiger charge is -2.62. The monoisotopic (exact) mass is 497 g/mol. The van der Waals surface area contributed by atoms with E-state index in [4.69, 9.17) is 4.42 Å². The van der Waals surface area contributed by atoms with Crippen molar-refractivity contribution in [1.29, 1.82) is 0 Å². The summed E-state index contributed by atoms with van der Waals surface area (Å²) in [6.45, 7) is 9.15. The fourth-order valence-electron chi connectivity index (χ4n) is 9.94. The van der Waals surface area contributed by atoms with Gasteiger partial charge in [0.15, 0.2) is 17.3 Å². The number of benzene rings is 1. The fourth-order valence-corrected chi connectivity index (χ4v) is 9.94. The van der Waals surface area contributed by atoms with Gasteiger partial charge in [-0.05, 0) is 123 Å². The lowest BCUT2D eigenvalue weighted by molar-refractivity contribution is -0.174. The molecule has 6 rings (SSSR count). The molecule has 0 radical (unpaired) electrons. The molecule has 4 nitrogen and oxygen atoms in total. The number of hydrogen-bond donors (Lipinski definition) is 2. The molecule has 2 N–H and O–H groups in total. The van der Waals surface area contributed by atoms with Gasteiger partial charge in [-0.3, -0.25) is 0 Å². The molecule has 0 amide bonds. The highest BCUT2D eigenvalue weighted by molar-refractivity contribution is 5.74. The van der Waals surface area contributed by atoms with Gasteiger partial charge in [0.1, 0.15) is 5.52 Å². The van der Waals surface area contributed by atoms with Crippen LogP contribution >= 0.6 is 0 Å². The van der Waals surface area contributed by atoms with Crippen LogP contribution in [0.1, 0.15) is 90.0 Å². The average molecular weight is 498 g/mol. The summed E-state index contributed by atoms with van der Waals surface area (Å²) in [6, 6.07) is 3.57. The van der Waals surface area contributed by atoms with Gasteiger partial charge in [0.05, 0.1) is 12.2 Å². The second-order valence-corrected chi connectivity index (χ2v) is 13.6. The molecule has 1 unspecified atom stereocenters. The highest BCUT2D eigenvalue weighted by atomic mass is 19.1. The molecule has 10 atom stereocenters. The summed E-state index contributed by atoms with van der Waals surface area (Å²) in [5, 5.41) is 21.8. The van der Waals surface area contributed by atoms with E-state index in [1.54, 1.807) is 13.0 Å². The minimum atomic E-state index is -0.270. The molecule has 2 aromatic rings. The van der Waals surface area contributed by atoms with Crippen LogP contribution < -0.4 is 0 Å². The first kappa shape index (κ1) is 24.9. The molecule has 1 aromatic heterocycles. The first-order chi connectivity index (χ1) is 17.1. The Bertz CT molecular complexity index is 1130. The van der Waals surface area contributed by atoms with Crippen LogP contribution in [0.4, 0.5) is 4.39 Å². The van der Waals surface area contributed by atoms with Crippen molar-refractivity contribution in [3.63, 3.8) is 0 Å². The maximum absolute atomic E-state index is 14.5. The van der Waals surface area contributed by atoms with Crippen molar-refractivity contribution in [2.24, 2.45) is 46.3 Å². The molecule has 4 aliphatic carbocycles. The minimum absolute atomic E-state index is 0.181. The number of aliphatic hydroxyl groups excluding tert-OH is 2. The highest BCUT2D eigenvalue weighted by Gasteiger charge is 2.62. The van der Waals surface area contributed by atoms with E-state index in [0.717, 1.165) is 38.5 Å². The Kier molecular flexibility index (Phi) is 6.07. The van der Waals surface area contributed by atoms with E-state index >= 15 is 0 Å². The molecule has 0 bridgehead atoms. The summed E-state index contributed by atoms with van der Waals surface area (Å²) >= 11 is 0. The third-order valence-electron chi connectivity index (χ3n) is 12.0. The van der Waals surface area contributed by atoms with Gasteiger partial charge in [-0.15, -0.1) is 0 Å². The Morgan fingerprint density at radius 1 is 1.06 bits per heavy atom. The normalized spacial score (nSPS) is 43.1. The average Bonchev–Trinajstić information content (AvgIpc) is 3.42. The van der Waals surface area contributed by atoms with Gasteiger partial charge in [-0.2, -0.15) is 0 Å². The van der Waals surface area contributed by atoms with Gasteiger partial charge < -0.3 is 14.6 Å². The van der Waals surface area contributed by atoms with E-state index in [-0.39, 0.29) is 28.9 Å². The summed E-state index contributed by atoms with van der Waals surface area (Å²) in [7, 11) is 0. The molecular formula is C31H44FNO3. The van der Waals surface area contributed by atoms with Crippen molar-refractivity contribution in [2.75, 3.05) is 0 Å². The van der Waals surface area contributed by atoms with E-state index in [2.05, 4.69) is 25.8 Å². The van der Waals surface area contributed by atoms with E-state index in [1.165, 1.54) is 25.7 Å². The van der Waals surface area contributed by atoms with Crippen molar-refractivity contribution in [2.45, 2.75) is 104 Å². The molecule has 0 spiro atoms. The third-order valence-corrected chi connectivity index (χ3v) is 12.0. The van der Waals surface area contributed by atoms with Gasteiger partial charge in [0.25, 0.3) is 0 Å². The molecular weight excluding hydrogens is 453 g/mol. The van der Waals surface area contributed by atoms with Crippen LogP contribution in [0.25, 0.3) is 11.1 Å². The molecule has 0 saturated heterocycles. The molecule has 4 aliphatic rings. The maximum atomic E-state index is 14.5. The fraction of sp³-hybridized carbons (Fsp3) is 0.774. The second-order valence-electron chi connectivity index (χ2n) is 13.6.